The molecule has 40 heavy (non-hydrogen) atoms. The highest BCUT2D eigenvalue weighted by Gasteiger charge is 2.13. The number of carbonyl (C=O) groups is 2. The van der Waals surface area contributed by atoms with Gasteiger partial charge in [-0.1, -0.05) is 154 Å². The van der Waals surface area contributed by atoms with Gasteiger partial charge in [0, 0.05) is 19.3 Å². The first-order valence-corrected chi connectivity index (χ1v) is 17.7. The molecule has 0 heterocycles. The molecular formula is C36H68O4. The maximum absolute atomic E-state index is 12.5. The summed E-state index contributed by atoms with van der Waals surface area (Å²) >= 11 is 0. The van der Waals surface area contributed by atoms with E-state index < -0.39 is 5.97 Å². The summed E-state index contributed by atoms with van der Waals surface area (Å²) in [5.74, 6) is -0.701. The Morgan fingerprint density at radius 3 is 1.48 bits per heavy atom. The molecule has 0 saturated heterocycles. The van der Waals surface area contributed by atoms with E-state index in [9.17, 15) is 9.59 Å². The summed E-state index contributed by atoms with van der Waals surface area (Å²) in [6.07, 6.45) is 38.2. The molecule has 0 saturated carbocycles. The number of allylic oxidation sites excluding steroid dienone is 1. The number of hydrogen-bond acceptors (Lipinski definition) is 3. The van der Waals surface area contributed by atoms with E-state index in [-0.39, 0.29) is 18.5 Å². The SMILES string of the molecule is CCCCCCCCCCCCCCCCCC(=O)O[C@@H](C/C=C\CCCCCCCC(=O)O)CCCCCC. The summed E-state index contributed by atoms with van der Waals surface area (Å²) in [4.78, 5) is 23.0. The van der Waals surface area contributed by atoms with Crippen molar-refractivity contribution >= 4 is 11.9 Å². The van der Waals surface area contributed by atoms with E-state index in [1.165, 1.54) is 103 Å². The van der Waals surface area contributed by atoms with E-state index >= 15 is 0 Å². The van der Waals surface area contributed by atoms with E-state index in [4.69, 9.17) is 9.84 Å². The number of carboxylic acid groups (broad SMARTS) is 1. The standard InChI is InChI=1S/C36H68O4/c1-3-5-7-9-10-11-12-13-14-15-16-17-22-25-29-33-36(39)40-34(30-26-8-6-4-2)31-27-23-20-18-19-21-24-28-32-35(37)38/h23,27,34H,3-22,24-26,28-33H2,1-2H3,(H,37,38)/b27-23-/t34-/m1/s1. The van der Waals surface area contributed by atoms with Crippen LogP contribution >= 0.6 is 0 Å². The number of ether oxygens (including phenoxy) is 1. The number of unbranched alkanes of at least 4 members (excludes halogenated alkanes) is 22. The highest BCUT2D eigenvalue weighted by atomic mass is 16.5. The number of aliphatic carboxylic acids is 1. The molecule has 0 aromatic carbocycles. The van der Waals surface area contributed by atoms with Gasteiger partial charge in [0.15, 0.2) is 0 Å². The van der Waals surface area contributed by atoms with Gasteiger partial charge in [-0.15, -0.1) is 0 Å². The van der Waals surface area contributed by atoms with Gasteiger partial charge in [-0.25, -0.2) is 0 Å². The Hall–Kier alpha value is -1.32. The topological polar surface area (TPSA) is 63.6 Å². The van der Waals surface area contributed by atoms with Crippen molar-refractivity contribution in [3.8, 4) is 0 Å². The average Bonchev–Trinajstić information content (AvgIpc) is 2.93. The largest absolute Gasteiger partial charge is 0.481 e. The quantitative estimate of drug-likeness (QED) is 0.0501. The van der Waals surface area contributed by atoms with E-state index in [0.29, 0.717) is 6.42 Å². The Morgan fingerprint density at radius 1 is 0.550 bits per heavy atom. The lowest BCUT2D eigenvalue weighted by molar-refractivity contribution is -0.149. The fraction of sp³-hybridized carbons (Fsp3) is 0.889. The van der Waals surface area contributed by atoms with Crippen LogP contribution in [0.15, 0.2) is 12.2 Å². The van der Waals surface area contributed by atoms with Crippen LogP contribution in [0.2, 0.25) is 0 Å². The molecule has 4 heteroatoms. The van der Waals surface area contributed by atoms with Crippen LogP contribution in [0, 0.1) is 0 Å². The predicted molar refractivity (Wildman–Crippen MR) is 172 cm³/mol. The van der Waals surface area contributed by atoms with Crippen molar-refractivity contribution in [2.75, 3.05) is 0 Å². The maximum Gasteiger partial charge on any atom is 0.306 e. The van der Waals surface area contributed by atoms with Crippen molar-refractivity contribution < 1.29 is 19.4 Å². The van der Waals surface area contributed by atoms with Gasteiger partial charge in [0.25, 0.3) is 0 Å². The first-order valence-electron chi connectivity index (χ1n) is 17.7. The van der Waals surface area contributed by atoms with E-state index in [0.717, 1.165) is 70.6 Å². The highest BCUT2D eigenvalue weighted by molar-refractivity contribution is 5.69. The van der Waals surface area contributed by atoms with Crippen LogP contribution in [0.5, 0.6) is 0 Å². The zero-order valence-electron chi connectivity index (χ0n) is 26.9. The fourth-order valence-electron chi connectivity index (χ4n) is 5.34. The molecule has 236 valence electrons. The second-order valence-electron chi connectivity index (χ2n) is 12.1. The zero-order chi connectivity index (χ0) is 29.4. The van der Waals surface area contributed by atoms with Crippen molar-refractivity contribution in [3.63, 3.8) is 0 Å². The molecule has 1 atom stereocenters. The molecule has 4 nitrogen and oxygen atoms in total. The Morgan fingerprint density at radius 2 is 0.975 bits per heavy atom. The minimum atomic E-state index is -0.692. The van der Waals surface area contributed by atoms with Crippen LogP contribution < -0.4 is 0 Å². The summed E-state index contributed by atoms with van der Waals surface area (Å²) in [5, 5.41) is 8.69. The molecule has 0 aliphatic carbocycles. The Balaban J connectivity index is 3.85. The molecule has 0 unspecified atom stereocenters. The third-order valence-electron chi connectivity index (χ3n) is 7.99. The summed E-state index contributed by atoms with van der Waals surface area (Å²) in [5.41, 5.74) is 0. The average molecular weight is 565 g/mol. The molecule has 0 aromatic heterocycles. The normalized spacial score (nSPS) is 12.2. The van der Waals surface area contributed by atoms with Crippen LogP contribution in [0.3, 0.4) is 0 Å². The van der Waals surface area contributed by atoms with Crippen LogP contribution in [0.4, 0.5) is 0 Å². The molecule has 0 amide bonds. The van der Waals surface area contributed by atoms with Crippen molar-refractivity contribution in [1.29, 1.82) is 0 Å². The number of hydrogen-bond donors (Lipinski definition) is 1. The van der Waals surface area contributed by atoms with Gasteiger partial charge in [-0.2, -0.15) is 0 Å². The minimum absolute atomic E-state index is 0.00931. The molecular weight excluding hydrogens is 496 g/mol. The summed E-state index contributed by atoms with van der Waals surface area (Å²) in [7, 11) is 0. The predicted octanol–water partition coefficient (Wildman–Crippen LogP) is 11.9. The summed E-state index contributed by atoms with van der Waals surface area (Å²) in [6, 6.07) is 0. The van der Waals surface area contributed by atoms with Crippen LogP contribution in [-0.4, -0.2) is 23.1 Å². The van der Waals surface area contributed by atoms with Gasteiger partial charge in [-0.05, 0) is 38.5 Å². The third-order valence-corrected chi connectivity index (χ3v) is 7.99. The van der Waals surface area contributed by atoms with E-state index in [2.05, 4.69) is 26.0 Å². The second kappa shape index (κ2) is 32.2. The second-order valence-corrected chi connectivity index (χ2v) is 12.1. The zero-order valence-corrected chi connectivity index (χ0v) is 26.9. The number of rotatable bonds is 32. The molecule has 0 bridgehead atoms. The molecule has 0 fully saturated rings. The summed E-state index contributed by atoms with van der Waals surface area (Å²) < 4.78 is 5.90. The van der Waals surface area contributed by atoms with Crippen LogP contribution in [0.1, 0.15) is 200 Å². The summed E-state index contributed by atoms with van der Waals surface area (Å²) in [6.45, 7) is 4.51. The third kappa shape index (κ3) is 31.2. The Labute approximate surface area is 249 Å². The van der Waals surface area contributed by atoms with E-state index in [1.807, 2.05) is 0 Å². The molecule has 0 rings (SSSR count). The first-order chi connectivity index (χ1) is 19.6. The van der Waals surface area contributed by atoms with Gasteiger partial charge < -0.3 is 9.84 Å². The molecule has 0 aromatic rings. The molecule has 0 radical (unpaired) electrons. The molecule has 0 aliphatic rings. The lowest BCUT2D eigenvalue weighted by atomic mass is 10.0. The number of carboxylic acids is 1. The lowest BCUT2D eigenvalue weighted by Crippen LogP contribution is -2.17. The van der Waals surface area contributed by atoms with Gasteiger partial charge in [0.2, 0.25) is 0 Å². The molecule has 0 aliphatic heterocycles. The van der Waals surface area contributed by atoms with Crippen molar-refractivity contribution in [1.82, 2.24) is 0 Å². The van der Waals surface area contributed by atoms with Crippen molar-refractivity contribution in [2.45, 2.75) is 206 Å². The Bertz CT molecular complexity index is 571. The smallest absolute Gasteiger partial charge is 0.306 e. The lowest BCUT2D eigenvalue weighted by Gasteiger charge is -2.16. The number of esters is 1. The van der Waals surface area contributed by atoms with Gasteiger partial charge in [-0.3, -0.25) is 9.59 Å². The highest BCUT2D eigenvalue weighted by Crippen LogP contribution is 2.17. The minimum Gasteiger partial charge on any atom is -0.481 e. The molecule has 1 N–H and O–H groups in total. The van der Waals surface area contributed by atoms with Gasteiger partial charge in [0.05, 0.1) is 0 Å². The monoisotopic (exact) mass is 565 g/mol. The first kappa shape index (κ1) is 38.7. The van der Waals surface area contributed by atoms with Crippen LogP contribution in [0.25, 0.3) is 0 Å². The van der Waals surface area contributed by atoms with Crippen molar-refractivity contribution in [2.24, 2.45) is 0 Å². The van der Waals surface area contributed by atoms with Gasteiger partial charge >= 0.3 is 11.9 Å². The Kier molecular flexibility index (Phi) is 31.1. The van der Waals surface area contributed by atoms with Gasteiger partial charge in [0.1, 0.15) is 6.10 Å². The van der Waals surface area contributed by atoms with Crippen LogP contribution in [-0.2, 0) is 14.3 Å². The van der Waals surface area contributed by atoms with Crippen molar-refractivity contribution in [3.05, 3.63) is 12.2 Å². The molecule has 0 spiro atoms. The number of carbonyl (C=O) groups excluding carboxylic acids is 1. The maximum atomic E-state index is 12.5. The fourth-order valence-corrected chi connectivity index (χ4v) is 5.34. The van der Waals surface area contributed by atoms with E-state index in [1.54, 1.807) is 0 Å².